The van der Waals surface area contributed by atoms with E-state index in [1.165, 1.54) is 0 Å². The predicted octanol–water partition coefficient (Wildman–Crippen LogP) is 3.63. The lowest BCUT2D eigenvalue weighted by Crippen LogP contribution is -2.23. The summed E-state index contributed by atoms with van der Waals surface area (Å²) in [5.41, 5.74) is 0.125. The molecule has 1 atom stereocenters. The molecular weight excluding hydrogens is 268 g/mol. The van der Waals surface area contributed by atoms with Crippen molar-refractivity contribution in [3.05, 3.63) is 28.7 Å². The Labute approximate surface area is 106 Å². The minimum absolute atomic E-state index is 0.125. The van der Waals surface area contributed by atoms with Gasteiger partial charge in [0.1, 0.15) is 12.4 Å². The van der Waals surface area contributed by atoms with E-state index in [0.717, 1.165) is 16.6 Å². The molecule has 1 N–H and O–H groups in total. The van der Waals surface area contributed by atoms with E-state index in [-0.39, 0.29) is 5.41 Å². The number of hydrogen-bond acceptors (Lipinski definition) is 2. The first-order valence-corrected chi connectivity index (χ1v) is 6.22. The first kappa shape index (κ1) is 13.5. The second-order valence-electron chi connectivity index (χ2n) is 5.19. The highest BCUT2D eigenvalue weighted by molar-refractivity contribution is 9.10. The van der Waals surface area contributed by atoms with Crippen LogP contribution >= 0.6 is 15.9 Å². The van der Waals surface area contributed by atoms with Crippen LogP contribution in [-0.4, -0.2) is 17.8 Å². The van der Waals surface area contributed by atoms with E-state index in [0.29, 0.717) is 6.61 Å². The second kappa shape index (κ2) is 5.69. The summed E-state index contributed by atoms with van der Waals surface area (Å²) in [6, 6.07) is 7.63. The summed E-state index contributed by atoms with van der Waals surface area (Å²) in [4.78, 5) is 0. The molecule has 0 unspecified atom stereocenters. The zero-order valence-corrected chi connectivity index (χ0v) is 11.6. The standard InChI is InChI=1S/C13H19BrO2/c1-13(2,3)8-11(15)9-16-12-6-4-5-10(14)7-12/h4-7,11,15H,8-9H2,1-3H3/t11-/m1/s1. The van der Waals surface area contributed by atoms with E-state index >= 15 is 0 Å². The average Bonchev–Trinajstić information content (AvgIpc) is 2.12. The van der Waals surface area contributed by atoms with Crippen molar-refractivity contribution in [3.8, 4) is 5.75 Å². The molecule has 0 aliphatic rings. The summed E-state index contributed by atoms with van der Waals surface area (Å²) in [6.45, 7) is 6.66. The summed E-state index contributed by atoms with van der Waals surface area (Å²) in [5, 5.41) is 9.78. The van der Waals surface area contributed by atoms with Gasteiger partial charge in [-0.1, -0.05) is 42.8 Å². The van der Waals surface area contributed by atoms with E-state index in [1.807, 2.05) is 24.3 Å². The van der Waals surface area contributed by atoms with Crippen LogP contribution in [0.2, 0.25) is 0 Å². The van der Waals surface area contributed by atoms with Gasteiger partial charge in [-0.15, -0.1) is 0 Å². The SMILES string of the molecule is CC(C)(C)C[C@@H](O)COc1cccc(Br)c1. The maximum Gasteiger partial charge on any atom is 0.120 e. The fourth-order valence-electron chi connectivity index (χ4n) is 1.52. The Morgan fingerprint density at radius 2 is 2.06 bits per heavy atom. The molecule has 0 saturated heterocycles. The minimum Gasteiger partial charge on any atom is -0.491 e. The Morgan fingerprint density at radius 1 is 1.38 bits per heavy atom. The summed E-state index contributed by atoms with van der Waals surface area (Å²) in [5.74, 6) is 0.780. The van der Waals surface area contributed by atoms with Gasteiger partial charge in [0, 0.05) is 4.47 Å². The molecule has 2 nitrogen and oxygen atoms in total. The molecule has 0 aromatic heterocycles. The van der Waals surface area contributed by atoms with Crippen LogP contribution in [0.4, 0.5) is 0 Å². The van der Waals surface area contributed by atoms with Gasteiger partial charge < -0.3 is 9.84 Å². The topological polar surface area (TPSA) is 29.5 Å². The largest absolute Gasteiger partial charge is 0.491 e. The molecule has 0 aliphatic carbocycles. The van der Waals surface area contributed by atoms with Crippen LogP contribution in [0.1, 0.15) is 27.2 Å². The van der Waals surface area contributed by atoms with E-state index in [4.69, 9.17) is 4.74 Å². The molecule has 1 aromatic carbocycles. The van der Waals surface area contributed by atoms with Crippen LogP contribution in [0.25, 0.3) is 0 Å². The quantitative estimate of drug-likeness (QED) is 0.916. The smallest absolute Gasteiger partial charge is 0.120 e. The number of aliphatic hydroxyl groups excluding tert-OH is 1. The fraction of sp³-hybridized carbons (Fsp3) is 0.538. The molecule has 16 heavy (non-hydrogen) atoms. The Balaban J connectivity index is 2.40. The van der Waals surface area contributed by atoms with Gasteiger partial charge in [-0.2, -0.15) is 0 Å². The van der Waals surface area contributed by atoms with Gasteiger partial charge in [-0.25, -0.2) is 0 Å². The Hall–Kier alpha value is -0.540. The highest BCUT2D eigenvalue weighted by Gasteiger charge is 2.17. The number of halogens is 1. The van der Waals surface area contributed by atoms with Crippen LogP contribution in [0.3, 0.4) is 0 Å². The summed E-state index contributed by atoms with van der Waals surface area (Å²) in [7, 11) is 0. The van der Waals surface area contributed by atoms with Gasteiger partial charge in [0.25, 0.3) is 0 Å². The average molecular weight is 287 g/mol. The lowest BCUT2D eigenvalue weighted by atomic mass is 9.89. The van der Waals surface area contributed by atoms with Crippen LogP contribution in [0.15, 0.2) is 28.7 Å². The van der Waals surface area contributed by atoms with Gasteiger partial charge in [-0.05, 0) is 30.0 Å². The van der Waals surface area contributed by atoms with E-state index in [1.54, 1.807) is 0 Å². The van der Waals surface area contributed by atoms with Crippen molar-refractivity contribution in [1.29, 1.82) is 0 Å². The first-order chi connectivity index (χ1) is 7.37. The van der Waals surface area contributed by atoms with Gasteiger partial charge in [-0.3, -0.25) is 0 Å². The van der Waals surface area contributed by atoms with E-state index < -0.39 is 6.10 Å². The molecule has 0 aliphatic heterocycles. The van der Waals surface area contributed by atoms with Crippen molar-refractivity contribution in [2.24, 2.45) is 5.41 Å². The lowest BCUT2D eigenvalue weighted by Gasteiger charge is -2.22. The second-order valence-corrected chi connectivity index (χ2v) is 6.10. The highest BCUT2D eigenvalue weighted by Crippen LogP contribution is 2.22. The zero-order valence-electron chi connectivity index (χ0n) is 10.0. The van der Waals surface area contributed by atoms with E-state index in [2.05, 4.69) is 36.7 Å². The number of hydrogen-bond donors (Lipinski definition) is 1. The number of ether oxygens (including phenoxy) is 1. The summed E-state index contributed by atoms with van der Waals surface area (Å²) in [6.07, 6.45) is 0.319. The lowest BCUT2D eigenvalue weighted by molar-refractivity contribution is 0.0710. The van der Waals surface area contributed by atoms with Crippen molar-refractivity contribution >= 4 is 15.9 Å². The third-order valence-electron chi connectivity index (χ3n) is 2.09. The molecule has 1 aromatic rings. The van der Waals surface area contributed by atoms with Gasteiger partial charge in [0.15, 0.2) is 0 Å². The fourth-order valence-corrected chi connectivity index (χ4v) is 1.89. The third-order valence-corrected chi connectivity index (χ3v) is 2.58. The molecule has 0 amide bonds. The molecule has 1 rings (SSSR count). The number of aliphatic hydroxyl groups is 1. The maximum atomic E-state index is 9.78. The Morgan fingerprint density at radius 3 is 2.62 bits per heavy atom. The van der Waals surface area contributed by atoms with Crippen molar-refractivity contribution in [1.82, 2.24) is 0 Å². The Bertz CT molecular complexity index is 331. The van der Waals surface area contributed by atoms with Gasteiger partial charge >= 0.3 is 0 Å². The third kappa shape index (κ3) is 5.52. The van der Waals surface area contributed by atoms with Gasteiger partial charge in [0.05, 0.1) is 6.10 Å². The Kier molecular flexibility index (Phi) is 4.81. The van der Waals surface area contributed by atoms with Crippen LogP contribution in [0.5, 0.6) is 5.75 Å². The molecule has 0 heterocycles. The molecular formula is C13H19BrO2. The highest BCUT2D eigenvalue weighted by atomic mass is 79.9. The van der Waals surface area contributed by atoms with Crippen LogP contribution in [-0.2, 0) is 0 Å². The predicted molar refractivity (Wildman–Crippen MR) is 69.7 cm³/mol. The van der Waals surface area contributed by atoms with Crippen LogP contribution in [0, 0.1) is 5.41 Å². The molecule has 0 radical (unpaired) electrons. The van der Waals surface area contributed by atoms with E-state index in [9.17, 15) is 5.11 Å². The van der Waals surface area contributed by atoms with Gasteiger partial charge in [0.2, 0.25) is 0 Å². The zero-order chi connectivity index (χ0) is 12.2. The number of benzene rings is 1. The van der Waals surface area contributed by atoms with Crippen molar-refractivity contribution in [2.45, 2.75) is 33.3 Å². The normalized spacial score (nSPS) is 13.6. The molecule has 0 fully saturated rings. The molecule has 0 bridgehead atoms. The molecule has 3 heteroatoms. The van der Waals surface area contributed by atoms with Crippen molar-refractivity contribution in [3.63, 3.8) is 0 Å². The van der Waals surface area contributed by atoms with Crippen molar-refractivity contribution in [2.75, 3.05) is 6.61 Å². The summed E-state index contributed by atoms with van der Waals surface area (Å²) < 4.78 is 6.50. The molecule has 0 saturated carbocycles. The number of rotatable bonds is 4. The minimum atomic E-state index is -0.418. The molecule has 0 spiro atoms. The first-order valence-electron chi connectivity index (χ1n) is 5.43. The van der Waals surface area contributed by atoms with Crippen molar-refractivity contribution < 1.29 is 9.84 Å². The summed E-state index contributed by atoms with van der Waals surface area (Å²) >= 11 is 3.38. The van der Waals surface area contributed by atoms with Crippen LogP contribution < -0.4 is 4.74 Å². The molecule has 90 valence electrons. The maximum absolute atomic E-state index is 9.78. The monoisotopic (exact) mass is 286 g/mol.